The second kappa shape index (κ2) is 31.5. The van der Waals surface area contributed by atoms with Crippen molar-refractivity contribution in [2.45, 2.75) is 240 Å². The van der Waals surface area contributed by atoms with Crippen LogP contribution in [0.1, 0.15) is 226 Å². The molecule has 0 fully saturated rings. The molecule has 1 N–H and O–H groups in total. The average Bonchev–Trinajstić information content (AvgIpc) is 3.62. The molecule has 0 aliphatic heterocycles. The van der Waals surface area contributed by atoms with Crippen molar-refractivity contribution in [1.29, 1.82) is 0 Å². The van der Waals surface area contributed by atoms with Gasteiger partial charge in [-0.2, -0.15) is 0 Å². The number of aliphatic hydroxyl groups is 1. The van der Waals surface area contributed by atoms with Crippen LogP contribution in [0.5, 0.6) is 0 Å². The molecule has 0 saturated carbocycles. The minimum absolute atomic E-state index is 0.0828. The summed E-state index contributed by atoms with van der Waals surface area (Å²) in [5, 5.41) is 9.65. The number of esters is 2. The number of hydrogen-bond acceptors (Lipinski definition) is 7. The molecular formula is C49H84O7. The quantitative estimate of drug-likeness (QED) is 0.0542. The second-order valence-electron chi connectivity index (χ2n) is 16.7. The molecule has 0 radical (unpaired) electrons. The number of carbonyl (C=O) groups is 2. The van der Waals surface area contributed by atoms with Crippen molar-refractivity contribution < 1.29 is 33.0 Å². The van der Waals surface area contributed by atoms with Gasteiger partial charge in [0.15, 0.2) is 6.10 Å². The maximum atomic E-state index is 12.3. The van der Waals surface area contributed by atoms with E-state index in [0.29, 0.717) is 12.8 Å². The Hall–Kier alpha value is -2.54. The van der Waals surface area contributed by atoms with Crippen molar-refractivity contribution >= 4 is 11.9 Å². The Morgan fingerprint density at radius 3 is 1.11 bits per heavy atom. The number of aryl methyl sites for hydroxylation is 4. The Labute approximate surface area is 342 Å². The molecule has 0 aliphatic rings. The normalized spacial score (nSPS) is 12.1. The standard InChI is InChI=1S/C49H84O7/c1-7-9-25-31-44-39(3)41(5)46(55-44)33-27-21-17-13-11-12-14-20-24-30-36-49(52)54-43(37-50)38-53-48(51)35-29-23-19-16-15-18-22-28-34-47-42(6)40(4)45(56-47)32-26-10-8-2/h43,50H,7-38H2,1-6H3/t43-/m0/s1. The van der Waals surface area contributed by atoms with Gasteiger partial charge in [0.05, 0.1) is 6.61 Å². The summed E-state index contributed by atoms with van der Waals surface area (Å²) in [6, 6.07) is 0. The molecule has 2 aromatic rings. The van der Waals surface area contributed by atoms with Gasteiger partial charge in [0.2, 0.25) is 0 Å². The van der Waals surface area contributed by atoms with E-state index in [-0.39, 0.29) is 25.2 Å². The molecule has 322 valence electrons. The number of aliphatic hydroxyl groups excluding tert-OH is 1. The van der Waals surface area contributed by atoms with Crippen LogP contribution in [-0.2, 0) is 44.7 Å². The van der Waals surface area contributed by atoms with Crippen molar-refractivity contribution in [2.24, 2.45) is 0 Å². The Morgan fingerprint density at radius 2 is 0.768 bits per heavy atom. The van der Waals surface area contributed by atoms with Gasteiger partial charge in [0.25, 0.3) is 0 Å². The van der Waals surface area contributed by atoms with E-state index in [9.17, 15) is 14.7 Å². The Morgan fingerprint density at radius 1 is 0.464 bits per heavy atom. The highest BCUT2D eigenvalue weighted by Crippen LogP contribution is 2.26. The van der Waals surface area contributed by atoms with Crippen LogP contribution in [0.15, 0.2) is 8.83 Å². The van der Waals surface area contributed by atoms with Gasteiger partial charge in [0, 0.05) is 38.5 Å². The summed E-state index contributed by atoms with van der Waals surface area (Å²) in [6.45, 7) is 12.9. The Balaban J connectivity index is 1.38. The number of ether oxygens (including phenoxy) is 2. The van der Waals surface area contributed by atoms with Crippen LogP contribution in [0.25, 0.3) is 0 Å². The predicted molar refractivity (Wildman–Crippen MR) is 230 cm³/mol. The molecule has 0 unspecified atom stereocenters. The van der Waals surface area contributed by atoms with E-state index >= 15 is 0 Å². The molecule has 0 aliphatic carbocycles. The van der Waals surface area contributed by atoms with E-state index in [1.54, 1.807) is 0 Å². The van der Waals surface area contributed by atoms with Crippen LogP contribution in [0, 0.1) is 27.7 Å². The average molecular weight is 785 g/mol. The largest absolute Gasteiger partial charge is 0.466 e. The van der Waals surface area contributed by atoms with Crippen LogP contribution in [-0.4, -0.2) is 36.4 Å². The lowest BCUT2D eigenvalue weighted by Gasteiger charge is -2.15. The summed E-state index contributed by atoms with van der Waals surface area (Å²) in [5.41, 5.74) is 5.43. The minimum Gasteiger partial charge on any atom is -0.466 e. The summed E-state index contributed by atoms with van der Waals surface area (Å²) in [6.07, 6.45) is 32.2. The smallest absolute Gasteiger partial charge is 0.306 e. The van der Waals surface area contributed by atoms with Crippen molar-refractivity contribution in [3.05, 3.63) is 45.3 Å². The molecule has 1 atom stereocenters. The van der Waals surface area contributed by atoms with Gasteiger partial charge in [-0.25, -0.2) is 0 Å². The summed E-state index contributed by atoms with van der Waals surface area (Å²) in [5.74, 6) is 4.17. The van der Waals surface area contributed by atoms with Gasteiger partial charge in [-0.3, -0.25) is 9.59 Å². The van der Waals surface area contributed by atoms with E-state index in [0.717, 1.165) is 64.2 Å². The molecule has 2 heterocycles. The summed E-state index contributed by atoms with van der Waals surface area (Å²) < 4.78 is 23.1. The van der Waals surface area contributed by atoms with Gasteiger partial charge in [0.1, 0.15) is 29.6 Å². The maximum Gasteiger partial charge on any atom is 0.306 e. The van der Waals surface area contributed by atoms with Gasteiger partial charge >= 0.3 is 11.9 Å². The third kappa shape index (κ3) is 21.3. The fraction of sp³-hybridized carbons (Fsp3) is 0.796. The van der Waals surface area contributed by atoms with Crippen LogP contribution in [0.4, 0.5) is 0 Å². The highest BCUT2D eigenvalue weighted by molar-refractivity contribution is 5.70. The molecule has 0 spiro atoms. The van der Waals surface area contributed by atoms with E-state index in [1.165, 1.54) is 161 Å². The van der Waals surface area contributed by atoms with E-state index in [2.05, 4.69) is 41.5 Å². The monoisotopic (exact) mass is 785 g/mol. The van der Waals surface area contributed by atoms with Crippen LogP contribution >= 0.6 is 0 Å². The van der Waals surface area contributed by atoms with Crippen LogP contribution in [0.2, 0.25) is 0 Å². The highest BCUT2D eigenvalue weighted by Gasteiger charge is 2.17. The number of hydrogen-bond donors (Lipinski definition) is 1. The number of furan rings is 2. The first kappa shape index (κ1) is 49.6. The molecule has 0 bridgehead atoms. The molecule has 2 aromatic heterocycles. The first-order valence-electron chi connectivity index (χ1n) is 23.3. The zero-order chi connectivity index (χ0) is 40.8. The van der Waals surface area contributed by atoms with Crippen molar-refractivity contribution in [2.75, 3.05) is 13.2 Å². The molecular weight excluding hydrogens is 701 g/mol. The third-order valence-corrected chi connectivity index (χ3v) is 11.8. The second-order valence-corrected chi connectivity index (χ2v) is 16.7. The first-order valence-corrected chi connectivity index (χ1v) is 23.3. The minimum atomic E-state index is -0.791. The lowest BCUT2D eigenvalue weighted by atomic mass is 10.0. The highest BCUT2D eigenvalue weighted by atomic mass is 16.6. The predicted octanol–water partition coefficient (Wildman–Crippen LogP) is 13.6. The van der Waals surface area contributed by atoms with Gasteiger partial charge in [-0.1, -0.05) is 129 Å². The zero-order valence-electron chi connectivity index (χ0n) is 37.1. The maximum absolute atomic E-state index is 12.3. The zero-order valence-corrected chi connectivity index (χ0v) is 37.1. The molecule has 0 amide bonds. The number of rotatable bonds is 36. The SMILES string of the molecule is CCCCCc1oc(CCCCCCCCCCCCC(=O)O[C@@H](CO)COC(=O)CCCCCCCCCCc2oc(CCCCC)c(C)c2C)c(C)c1C. The fourth-order valence-electron chi connectivity index (χ4n) is 7.68. The lowest BCUT2D eigenvalue weighted by molar-refractivity contribution is -0.161. The van der Waals surface area contributed by atoms with Crippen LogP contribution in [0.3, 0.4) is 0 Å². The van der Waals surface area contributed by atoms with E-state index in [4.69, 9.17) is 18.3 Å². The summed E-state index contributed by atoms with van der Waals surface area (Å²) >= 11 is 0. The van der Waals surface area contributed by atoms with E-state index in [1.807, 2.05) is 0 Å². The molecule has 7 nitrogen and oxygen atoms in total. The van der Waals surface area contributed by atoms with Gasteiger partial charge < -0.3 is 23.4 Å². The molecule has 0 aromatic carbocycles. The Kier molecular flexibility index (Phi) is 27.9. The third-order valence-electron chi connectivity index (χ3n) is 11.8. The van der Waals surface area contributed by atoms with Crippen molar-refractivity contribution in [1.82, 2.24) is 0 Å². The van der Waals surface area contributed by atoms with Crippen LogP contribution < -0.4 is 0 Å². The lowest BCUT2D eigenvalue weighted by Crippen LogP contribution is -2.28. The van der Waals surface area contributed by atoms with Crippen molar-refractivity contribution in [3.63, 3.8) is 0 Å². The van der Waals surface area contributed by atoms with Gasteiger partial charge in [-0.05, 0) is 88.5 Å². The molecule has 56 heavy (non-hydrogen) atoms. The summed E-state index contributed by atoms with van der Waals surface area (Å²) in [7, 11) is 0. The first-order chi connectivity index (χ1) is 27.2. The van der Waals surface area contributed by atoms with Crippen molar-refractivity contribution in [3.8, 4) is 0 Å². The fourth-order valence-corrected chi connectivity index (χ4v) is 7.68. The molecule has 2 rings (SSSR count). The Bertz CT molecular complexity index is 1300. The number of unbranched alkanes of at least 4 members (excludes halogenated alkanes) is 20. The summed E-state index contributed by atoms with van der Waals surface area (Å²) in [4.78, 5) is 24.5. The molecule has 0 saturated heterocycles. The van der Waals surface area contributed by atoms with Gasteiger partial charge in [-0.15, -0.1) is 0 Å². The molecule has 7 heteroatoms. The topological polar surface area (TPSA) is 99.1 Å². The number of carbonyl (C=O) groups excluding carboxylic acids is 2. The van der Waals surface area contributed by atoms with E-state index < -0.39 is 6.10 Å².